The Hall–Kier alpha value is -1.20. The third-order valence-electron chi connectivity index (χ3n) is 2.25. The van der Waals surface area contributed by atoms with Crippen LogP contribution in [0.2, 0.25) is 5.15 Å². The second-order valence-corrected chi connectivity index (χ2v) is 4.94. The second-order valence-electron chi connectivity index (χ2n) is 3.67. The molecule has 18 heavy (non-hydrogen) atoms. The fourth-order valence-corrected chi connectivity index (χ4v) is 1.87. The molecule has 0 aliphatic heterocycles. The third-order valence-corrected chi connectivity index (χ3v) is 3.11. The van der Waals surface area contributed by atoms with E-state index in [0.717, 1.165) is 0 Å². The number of nitrogens with zero attached hydrogens (tertiary/aromatic N) is 2. The van der Waals surface area contributed by atoms with Gasteiger partial charge in [0.1, 0.15) is 11.0 Å². The average molecular weight is 332 g/mol. The molecule has 0 amide bonds. The molecule has 1 aromatic heterocycles. The normalized spacial score (nSPS) is 10.5. The summed E-state index contributed by atoms with van der Waals surface area (Å²) in [5, 5.41) is 0.299. The van der Waals surface area contributed by atoms with Crippen molar-refractivity contribution in [2.45, 2.75) is 13.8 Å². The number of ether oxygens (including phenoxy) is 1. The lowest BCUT2D eigenvalue weighted by Crippen LogP contribution is -1.98. The monoisotopic (exact) mass is 330 g/mol. The average Bonchev–Trinajstić information content (AvgIpc) is 2.30. The van der Waals surface area contributed by atoms with E-state index < -0.39 is 5.82 Å². The summed E-state index contributed by atoms with van der Waals surface area (Å²) in [6, 6.07) is 4.43. The van der Waals surface area contributed by atoms with Gasteiger partial charge < -0.3 is 4.74 Å². The summed E-state index contributed by atoms with van der Waals surface area (Å²) < 4.78 is 19.7. The van der Waals surface area contributed by atoms with Crippen LogP contribution in [0.15, 0.2) is 22.7 Å². The van der Waals surface area contributed by atoms with E-state index in [1.54, 1.807) is 19.9 Å². The summed E-state index contributed by atoms with van der Waals surface area (Å²) in [6.07, 6.45) is 0. The molecular formula is C12H9BrClFN2O. The third kappa shape index (κ3) is 2.79. The summed E-state index contributed by atoms with van der Waals surface area (Å²) >= 11 is 9.17. The Kier molecular flexibility index (Phi) is 3.82. The van der Waals surface area contributed by atoms with Crippen molar-refractivity contribution >= 4 is 27.5 Å². The van der Waals surface area contributed by atoms with Gasteiger partial charge in [-0.15, -0.1) is 0 Å². The number of aryl methyl sites for hydroxylation is 1. The van der Waals surface area contributed by atoms with Crippen molar-refractivity contribution in [3.63, 3.8) is 0 Å². The van der Waals surface area contributed by atoms with Gasteiger partial charge in [0.05, 0.1) is 0 Å². The van der Waals surface area contributed by atoms with E-state index in [0.29, 0.717) is 21.0 Å². The Morgan fingerprint density at radius 2 is 2.00 bits per heavy atom. The molecule has 0 aliphatic carbocycles. The first-order valence-corrected chi connectivity index (χ1v) is 6.28. The fourth-order valence-electron chi connectivity index (χ4n) is 1.33. The molecule has 94 valence electrons. The maximum atomic E-state index is 13.6. The molecule has 1 heterocycles. The van der Waals surface area contributed by atoms with E-state index in [-0.39, 0.29) is 11.6 Å². The van der Waals surface area contributed by atoms with Gasteiger partial charge in [-0.2, -0.15) is 4.98 Å². The van der Waals surface area contributed by atoms with Crippen LogP contribution < -0.4 is 4.74 Å². The maximum absolute atomic E-state index is 13.6. The Morgan fingerprint density at radius 1 is 1.28 bits per heavy atom. The topological polar surface area (TPSA) is 35.0 Å². The van der Waals surface area contributed by atoms with E-state index in [2.05, 4.69) is 25.9 Å². The van der Waals surface area contributed by atoms with Gasteiger partial charge in [0.2, 0.25) is 5.88 Å². The summed E-state index contributed by atoms with van der Waals surface area (Å²) in [6.45, 7) is 3.41. The summed E-state index contributed by atoms with van der Waals surface area (Å²) in [4.78, 5) is 8.09. The molecule has 0 saturated carbocycles. The summed E-state index contributed by atoms with van der Waals surface area (Å²) in [7, 11) is 0. The minimum atomic E-state index is -0.468. The minimum absolute atomic E-state index is 0.0849. The highest BCUT2D eigenvalue weighted by molar-refractivity contribution is 9.10. The molecule has 0 radical (unpaired) electrons. The number of benzene rings is 1. The van der Waals surface area contributed by atoms with Crippen LogP contribution in [0, 0.1) is 19.7 Å². The van der Waals surface area contributed by atoms with Gasteiger partial charge in [-0.1, -0.05) is 27.5 Å². The molecule has 0 fully saturated rings. The van der Waals surface area contributed by atoms with Crippen molar-refractivity contribution < 1.29 is 9.13 Å². The Morgan fingerprint density at radius 3 is 2.72 bits per heavy atom. The van der Waals surface area contributed by atoms with Crippen LogP contribution in [0.25, 0.3) is 0 Å². The molecule has 0 atom stereocenters. The molecule has 0 aliphatic rings. The number of rotatable bonds is 2. The first-order valence-electron chi connectivity index (χ1n) is 5.11. The van der Waals surface area contributed by atoms with Crippen molar-refractivity contribution in [2.24, 2.45) is 0 Å². The zero-order valence-electron chi connectivity index (χ0n) is 9.67. The standard InChI is InChI=1S/C12H9BrClFN2O/c1-6-11(14)16-7(2)17-12(6)18-10-5-8(13)3-4-9(10)15/h3-5H,1-2H3. The largest absolute Gasteiger partial charge is 0.435 e. The van der Waals surface area contributed by atoms with Gasteiger partial charge in [-0.05, 0) is 32.0 Å². The van der Waals surface area contributed by atoms with E-state index in [1.165, 1.54) is 12.1 Å². The van der Waals surface area contributed by atoms with E-state index in [9.17, 15) is 4.39 Å². The van der Waals surface area contributed by atoms with Gasteiger partial charge >= 0.3 is 0 Å². The SMILES string of the molecule is Cc1nc(Cl)c(C)c(Oc2cc(Br)ccc2F)n1. The molecule has 6 heteroatoms. The molecule has 0 N–H and O–H groups in total. The van der Waals surface area contributed by atoms with E-state index >= 15 is 0 Å². The lowest BCUT2D eigenvalue weighted by Gasteiger charge is -2.10. The highest BCUT2D eigenvalue weighted by atomic mass is 79.9. The maximum Gasteiger partial charge on any atom is 0.227 e. The highest BCUT2D eigenvalue weighted by Crippen LogP contribution is 2.30. The Labute approximate surface area is 117 Å². The van der Waals surface area contributed by atoms with Crippen molar-refractivity contribution in [1.29, 1.82) is 0 Å². The van der Waals surface area contributed by atoms with Crippen molar-refractivity contribution in [3.05, 3.63) is 45.0 Å². The van der Waals surface area contributed by atoms with Gasteiger partial charge in [0.15, 0.2) is 11.6 Å². The molecular weight excluding hydrogens is 322 g/mol. The molecule has 0 saturated heterocycles. The van der Waals surface area contributed by atoms with Crippen LogP contribution in [0.3, 0.4) is 0 Å². The zero-order chi connectivity index (χ0) is 13.3. The minimum Gasteiger partial charge on any atom is -0.435 e. The molecule has 2 rings (SSSR count). The first-order chi connectivity index (χ1) is 8.47. The number of aromatic nitrogens is 2. The smallest absolute Gasteiger partial charge is 0.227 e. The zero-order valence-corrected chi connectivity index (χ0v) is 12.0. The lowest BCUT2D eigenvalue weighted by atomic mass is 10.3. The van der Waals surface area contributed by atoms with Crippen LogP contribution in [0.4, 0.5) is 4.39 Å². The van der Waals surface area contributed by atoms with Crippen LogP contribution in [0.1, 0.15) is 11.4 Å². The molecule has 0 spiro atoms. The Balaban J connectivity index is 2.43. The quantitative estimate of drug-likeness (QED) is 0.763. The molecule has 2 aromatic rings. The Bertz CT molecular complexity index is 607. The molecule has 1 aromatic carbocycles. The number of halogens is 3. The number of hydrogen-bond donors (Lipinski definition) is 0. The number of hydrogen-bond acceptors (Lipinski definition) is 3. The van der Waals surface area contributed by atoms with Gasteiger partial charge in [0.25, 0.3) is 0 Å². The van der Waals surface area contributed by atoms with E-state index in [1.807, 2.05) is 0 Å². The molecule has 0 unspecified atom stereocenters. The van der Waals surface area contributed by atoms with Crippen molar-refractivity contribution in [3.8, 4) is 11.6 Å². The predicted molar refractivity (Wildman–Crippen MR) is 70.7 cm³/mol. The second kappa shape index (κ2) is 5.20. The van der Waals surface area contributed by atoms with Crippen molar-refractivity contribution in [1.82, 2.24) is 9.97 Å². The summed E-state index contributed by atoms with van der Waals surface area (Å²) in [5.41, 5.74) is 0.571. The van der Waals surface area contributed by atoms with Crippen LogP contribution >= 0.6 is 27.5 Å². The van der Waals surface area contributed by atoms with E-state index in [4.69, 9.17) is 16.3 Å². The van der Waals surface area contributed by atoms with Gasteiger partial charge in [-0.25, -0.2) is 9.37 Å². The highest BCUT2D eigenvalue weighted by Gasteiger charge is 2.12. The van der Waals surface area contributed by atoms with Gasteiger partial charge in [-0.3, -0.25) is 0 Å². The van der Waals surface area contributed by atoms with Crippen LogP contribution in [0.5, 0.6) is 11.6 Å². The predicted octanol–water partition coefficient (Wildman–Crippen LogP) is 4.44. The summed E-state index contributed by atoms with van der Waals surface area (Å²) in [5.74, 6) is 0.340. The first kappa shape index (κ1) is 13.2. The van der Waals surface area contributed by atoms with Gasteiger partial charge in [0, 0.05) is 10.0 Å². The van der Waals surface area contributed by atoms with Crippen LogP contribution in [-0.4, -0.2) is 9.97 Å². The fraction of sp³-hybridized carbons (Fsp3) is 0.167. The van der Waals surface area contributed by atoms with Crippen LogP contribution in [-0.2, 0) is 0 Å². The molecule has 0 bridgehead atoms. The molecule has 3 nitrogen and oxygen atoms in total. The lowest BCUT2D eigenvalue weighted by molar-refractivity contribution is 0.422. The van der Waals surface area contributed by atoms with Crippen molar-refractivity contribution in [2.75, 3.05) is 0 Å².